The summed E-state index contributed by atoms with van der Waals surface area (Å²) in [6.07, 6.45) is 1.66. The van der Waals surface area contributed by atoms with Gasteiger partial charge in [0.15, 0.2) is 0 Å². The molecule has 0 spiro atoms. The third-order valence-electron chi connectivity index (χ3n) is 2.99. The summed E-state index contributed by atoms with van der Waals surface area (Å²) in [5.41, 5.74) is 2.31. The Hall–Kier alpha value is -0.910. The van der Waals surface area contributed by atoms with E-state index < -0.39 is 0 Å². The summed E-state index contributed by atoms with van der Waals surface area (Å²) in [7, 11) is 1.68. The number of aliphatic hydroxyl groups is 1. The van der Waals surface area contributed by atoms with Crippen molar-refractivity contribution in [2.45, 2.75) is 45.8 Å². The van der Waals surface area contributed by atoms with Gasteiger partial charge < -0.3 is 15.2 Å². The lowest BCUT2D eigenvalue weighted by Crippen LogP contribution is -2.34. The van der Waals surface area contributed by atoms with Gasteiger partial charge in [0.2, 0.25) is 0 Å². The standard InChI is InChI=1S/C13H25N3O2/c1-4-11-8-13(16(5-2)15-11)9-14-12(6-7-17)10-18-3/h8,12,14,17H,4-7,9-10H2,1-3H3. The lowest BCUT2D eigenvalue weighted by molar-refractivity contribution is 0.147. The zero-order valence-corrected chi connectivity index (χ0v) is 11.6. The van der Waals surface area contributed by atoms with E-state index in [0.29, 0.717) is 13.0 Å². The fourth-order valence-corrected chi connectivity index (χ4v) is 1.95. The number of aryl methyl sites for hydroxylation is 2. The van der Waals surface area contributed by atoms with Gasteiger partial charge in [-0.15, -0.1) is 0 Å². The topological polar surface area (TPSA) is 59.3 Å². The van der Waals surface area contributed by atoms with Crippen molar-refractivity contribution in [3.05, 3.63) is 17.5 Å². The van der Waals surface area contributed by atoms with Crippen molar-refractivity contribution in [3.63, 3.8) is 0 Å². The highest BCUT2D eigenvalue weighted by Gasteiger charge is 2.10. The third kappa shape index (κ3) is 4.40. The summed E-state index contributed by atoms with van der Waals surface area (Å²) in [4.78, 5) is 0. The lowest BCUT2D eigenvalue weighted by Gasteiger charge is -2.17. The number of ether oxygens (including phenoxy) is 1. The van der Waals surface area contributed by atoms with Crippen LogP contribution in [-0.4, -0.2) is 41.3 Å². The van der Waals surface area contributed by atoms with E-state index in [1.807, 2.05) is 4.68 Å². The predicted octanol–water partition coefficient (Wildman–Crippen LogP) is 0.952. The van der Waals surface area contributed by atoms with Crippen molar-refractivity contribution < 1.29 is 9.84 Å². The van der Waals surface area contributed by atoms with Crippen LogP contribution in [0.5, 0.6) is 0 Å². The molecule has 0 bridgehead atoms. The summed E-state index contributed by atoms with van der Waals surface area (Å²) in [6.45, 7) is 6.63. The Bertz CT molecular complexity index is 333. The van der Waals surface area contributed by atoms with E-state index in [2.05, 4.69) is 30.3 Å². The molecule has 1 aromatic rings. The van der Waals surface area contributed by atoms with Crippen LogP contribution in [-0.2, 0) is 24.2 Å². The molecule has 1 atom stereocenters. The first-order valence-corrected chi connectivity index (χ1v) is 6.63. The van der Waals surface area contributed by atoms with Gasteiger partial charge in [-0.05, 0) is 25.8 Å². The largest absolute Gasteiger partial charge is 0.396 e. The van der Waals surface area contributed by atoms with Crippen molar-refractivity contribution in [2.75, 3.05) is 20.3 Å². The maximum absolute atomic E-state index is 8.99. The van der Waals surface area contributed by atoms with Gasteiger partial charge >= 0.3 is 0 Å². The lowest BCUT2D eigenvalue weighted by atomic mass is 10.2. The predicted molar refractivity (Wildman–Crippen MR) is 71.5 cm³/mol. The molecule has 0 aliphatic rings. The first-order valence-electron chi connectivity index (χ1n) is 6.63. The Morgan fingerprint density at radius 2 is 2.28 bits per heavy atom. The smallest absolute Gasteiger partial charge is 0.0625 e. The highest BCUT2D eigenvalue weighted by Crippen LogP contribution is 2.06. The second kappa shape index (κ2) is 8.24. The van der Waals surface area contributed by atoms with Crippen molar-refractivity contribution in [1.82, 2.24) is 15.1 Å². The minimum atomic E-state index is 0.175. The van der Waals surface area contributed by atoms with Gasteiger partial charge in [-0.1, -0.05) is 6.92 Å². The van der Waals surface area contributed by atoms with Gasteiger partial charge in [-0.25, -0.2) is 0 Å². The zero-order valence-electron chi connectivity index (χ0n) is 11.6. The fraction of sp³-hybridized carbons (Fsp3) is 0.769. The van der Waals surface area contributed by atoms with Gasteiger partial charge in [-0.3, -0.25) is 4.68 Å². The molecule has 0 fully saturated rings. The van der Waals surface area contributed by atoms with E-state index in [-0.39, 0.29) is 12.6 Å². The Morgan fingerprint density at radius 1 is 1.50 bits per heavy atom. The molecule has 0 aromatic carbocycles. The molecule has 1 aromatic heterocycles. The molecule has 1 unspecified atom stereocenters. The minimum Gasteiger partial charge on any atom is -0.396 e. The first-order chi connectivity index (χ1) is 8.74. The maximum atomic E-state index is 8.99. The molecule has 0 aliphatic carbocycles. The molecule has 0 radical (unpaired) electrons. The molecule has 18 heavy (non-hydrogen) atoms. The fourth-order valence-electron chi connectivity index (χ4n) is 1.95. The van der Waals surface area contributed by atoms with Crippen molar-refractivity contribution in [3.8, 4) is 0 Å². The number of methoxy groups -OCH3 is 1. The summed E-state index contributed by atoms with van der Waals surface area (Å²) in [6, 6.07) is 2.32. The molecule has 1 rings (SSSR count). The second-order valence-electron chi connectivity index (χ2n) is 4.34. The Labute approximate surface area is 109 Å². The van der Waals surface area contributed by atoms with Gasteiger partial charge in [0.05, 0.1) is 18.0 Å². The second-order valence-corrected chi connectivity index (χ2v) is 4.34. The molecular formula is C13H25N3O2. The molecule has 5 nitrogen and oxygen atoms in total. The van der Waals surface area contributed by atoms with Crippen LogP contribution in [0.1, 0.15) is 31.7 Å². The van der Waals surface area contributed by atoms with E-state index >= 15 is 0 Å². The van der Waals surface area contributed by atoms with Crippen molar-refractivity contribution in [2.24, 2.45) is 0 Å². The molecule has 2 N–H and O–H groups in total. The number of aliphatic hydroxyl groups excluding tert-OH is 1. The molecular weight excluding hydrogens is 230 g/mol. The molecule has 0 saturated heterocycles. The van der Waals surface area contributed by atoms with Crippen molar-refractivity contribution >= 4 is 0 Å². The number of nitrogens with one attached hydrogen (secondary N) is 1. The summed E-state index contributed by atoms with van der Waals surface area (Å²) in [5.74, 6) is 0. The summed E-state index contributed by atoms with van der Waals surface area (Å²) < 4.78 is 7.15. The Balaban J connectivity index is 2.57. The molecule has 5 heteroatoms. The quantitative estimate of drug-likeness (QED) is 0.690. The van der Waals surface area contributed by atoms with Gasteiger partial charge in [0, 0.05) is 32.8 Å². The average Bonchev–Trinajstić information content (AvgIpc) is 2.79. The van der Waals surface area contributed by atoms with E-state index in [1.165, 1.54) is 5.69 Å². The molecule has 0 amide bonds. The van der Waals surface area contributed by atoms with Gasteiger partial charge in [0.1, 0.15) is 0 Å². The number of nitrogens with zero attached hydrogens (tertiary/aromatic N) is 2. The molecule has 1 heterocycles. The maximum Gasteiger partial charge on any atom is 0.0625 e. The van der Waals surface area contributed by atoms with E-state index in [0.717, 1.165) is 25.2 Å². The highest BCUT2D eigenvalue weighted by molar-refractivity contribution is 5.10. The van der Waals surface area contributed by atoms with E-state index in [9.17, 15) is 0 Å². The highest BCUT2D eigenvalue weighted by atomic mass is 16.5. The van der Waals surface area contributed by atoms with Crippen LogP contribution in [0.3, 0.4) is 0 Å². The number of aromatic nitrogens is 2. The van der Waals surface area contributed by atoms with Crippen LogP contribution in [0.2, 0.25) is 0 Å². The molecule has 0 saturated carbocycles. The monoisotopic (exact) mass is 255 g/mol. The Morgan fingerprint density at radius 3 is 2.83 bits per heavy atom. The number of hydrogen-bond acceptors (Lipinski definition) is 4. The van der Waals surface area contributed by atoms with Crippen LogP contribution in [0.4, 0.5) is 0 Å². The van der Waals surface area contributed by atoms with Gasteiger partial charge in [0.25, 0.3) is 0 Å². The van der Waals surface area contributed by atoms with Crippen LogP contribution in [0.25, 0.3) is 0 Å². The SMILES string of the molecule is CCc1cc(CNC(CCO)COC)n(CC)n1. The molecule has 0 aliphatic heterocycles. The number of hydrogen-bond donors (Lipinski definition) is 2. The van der Waals surface area contributed by atoms with Crippen LogP contribution in [0.15, 0.2) is 6.07 Å². The summed E-state index contributed by atoms with van der Waals surface area (Å²) in [5, 5.41) is 16.9. The van der Waals surface area contributed by atoms with Gasteiger partial charge in [-0.2, -0.15) is 5.10 Å². The van der Waals surface area contributed by atoms with Crippen LogP contribution in [0, 0.1) is 0 Å². The van der Waals surface area contributed by atoms with Crippen molar-refractivity contribution in [1.29, 1.82) is 0 Å². The first kappa shape index (κ1) is 15.1. The zero-order chi connectivity index (χ0) is 13.4. The average molecular weight is 255 g/mol. The molecule has 104 valence electrons. The number of rotatable bonds is 9. The normalized spacial score (nSPS) is 12.9. The minimum absolute atomic E-state index is 0.175. The third-order valence-corrected chi connectivity index (χ3v) is 2.99. The van der Waals surface area contributed by atoms with E-state index in [4.69, 9.17) is 9.84 Å². The Kier molecular flexibility index (Phi) is 6.93. The summed E-state index contributed by atoms with van der Waals surface area (Å²) >= 11 is 0. The van der Waals surface area contributed by atoms with E-state index in [1.54, 1.807) is 7.11 Å². The van der Waals surface area contributed by atoms with Crippen LogP contribution >= 0.6 is 0 Å². The van der Waals surface area contributed by atoms with Crippen LogP contribution < -0.4 is 5.32 Å².